The van der Waals surface area contributed by atoms with Crippen molar-refractivity contribution >= 4 is 10.8 Å². The molecular formula is C29H37NO3. The van der Waals surface area contributed by atoms with Gasteiger partial charge < -0.3 is 19.9 Å². The van der Waals surface area contributed by atoms with Crippen LogP contribution in [0.2, 0.25) is 0 Å². The standard InChI is InChI=1S/C29H37NO3/c1-29(2,17-21-12-13-22-8-4-5-9-24(22)16-21)30-18-26(31)20-33-28(23-14-15-23)27-11-7-6-10-25(27)19-32-3/h4-13,16,23,26,28,30-31H,14-15,17-20H2,1-3H3/t26-,28?/m1/s1. The van der Waals surface area contributed by atoms with E-state index in [1.807, 2.05) is 6.07 Å². The number of aliphatic hydroxyl groups excluding tert-OH is 1. The van der Waals surface area contributed by atoms with Crippen molar-refractivity contribution in [2.75, 3.05) is 20.3 Å². The molecule has 0 aliphatic heterocycles. The molecule has 4 rings (SSSR count). The predicted molar refractivity (Wildman–Crippen MR) is 134 cm³/mol. The van der Waals surface area contributed by atoms with Gasteiger partial charge in [0.2, 0.25) is 0 Å². The molecule has 176 valence electrons. The molecule has 2 atom stereocenters. The number of aliphatic hydroxyl groups is 1. The van der Waals surface area contributed by atoms with E-state index in [0.717, 1.165) is 6.42 Å². The van der Waals surface area contributed by atoms with Gasteiger partial charge in [-0.25, -0.2) is 0 Å². The maximum absolute atomic E-state index is 10.7. The van der Waals surface area contributed by atoms with Crippen LogP contribution in [0.25, 0.3) is 10.8 Å². The van der Waals surface area contributed by atoms with Gasteiger partial charge in [0.05, 0.1) is 25.4 Å². The van der Waals surface area contributed by atoms with E-state index < -0.39 is 6.10 Å². The van der Waals surface area contributed by atoms with Crippen LogP contribution in [0.5, 0.6) is 0 Å². The average Bonchev–Trinajstić information content (AvgIpc) is 3.64. The maximum atomic E-state index is 10.7. The fraction of sp³-hybridized carbons (Fsp3) is 0.448. The van der Waals surface area contributed by atoms with Crippen molar-refractivity contribution in [2.24, 2.45) is 5.92 Å². The normalized spacial score (nSPS) is 16.1. The molecule has 4 heteroatoms. The lowest BCUT2D eigenvalue weighted by Crippen LogP contribution is -2.46. The number of fused-ring (bicyclic) bond motifs is 1. The number of hydrogen-bond acceptors (Lipinski definition) is 4. The summed E-state index contributed by atoms with van der Waals surface area (Å²) in [5, 5.41) is 16.7. The van der Waals surface area contributed by atoms with Gasteiger partial charge in [0.1, 0.15) is 0 Å². The van der Waals surface area contributed by atoms with Gasteiger partial charge >= 0.3 is 0 Å². The van der Waals surface area contributed by atoms with Crippen LogP contribution < -0.4 is 5.32 Å². The summed E-state index contributed by atoms with van der Waals surface area (Å²) in [5.74, 6) is 0.535. The number of benzene rings is 3. The minimum Gasteiger partial charge on any atom is -0.389 e. The van der Waals surface area contributed by atoms with Crippen LogP contribution >= 0.6 is 0 Å². The molecule has 1 unspecified atom stereocenters. The second-order valence-electron chi connectivity index (χ2n) is 10.0. The van der Waals surface area contributed by atoms with Gasteiger partial charge in [0.25, 0.3) is 0 Å². The van der Waals surface area contributed by atoms with Gasteiger partial charge in [-0.1, -0.05) is 66.7 Å². The summed E-state index contributed by atoms with van der Waals surface area (Å²) in [6.45, 7) is 5.77. The lowest BCUT2D eigenvalue weighted by molar-refractivity contribution is -0.0219. The van der Waals surface area contributed by atoms with Crippen molar-refractivity contribution in [1.82, 2.24) is 5.32 Å². The van der Waals surface area contributed by atoms with E-state index in [1.165, 1.54) is 40.3 Å². The van der Waals surface area contributed by atoms with E-state index in [2.05, 4.69) is 79.8 Å². The lowest BCUT2D eigenvalue weighted by atomic mass is 9.93. The summed E-state index contributed by atoms with van der Waals surface area (Å²) in [7, 11) is 1.72. The molecular weight excluding hydrogens is 410 g/mol. The minimum absolute atomic E-state index is 0.0246. The minimum atomic E-state index is -0.559. The number of ether oxygens (including phenoxy) is 2. The SMILES string of the molecule is COCc1ccccc1C(OC[C@H](O)CNC(C)(C)Cc1ccc2ccccc2c1)C1CC1. The summed E-state index contributed by atoms with van der Waals surface area (Å²) in [6.07, 6.45) is 2.71. The first-order chi connectivity index (χ1) is 15.9. The van der Waals surface area contributed by atoms with Gasteiger partial charge in [-0.2, -0.15) is 0 Å². The highest BCUT2D eigenvalue weighted by molar-refractivity contribution is 5.83. The summed E-state index contributed by atoms with van der Waals surface area (Å²) < 4.78 is 11.7. The van der Waals surface area contributed by atoms with Gasteiger partial charge in [-0.05, 0) is 66.5 Å². The highest BCUT2D eigenvalue weighted by atomic mass is 16.5. The van der Waals surface area contributed by atoms with Crippen molar-refractivity contribution in [2.45, 2.75) is 57.5 Å². The third kappa shape index (κ3) is 6.64. The van der Waals surface area contributed by atoms with Crippen LogP contribution in [0.15, 0.2) is 66.7 Å². The summed E-state index contributed by atoms with van der Waals surface area (Å²) in [6, 6.07) is 23.4. The predicted octanol–water partition coefficient (Wildman–Crippen LogP) is 5.43. The van der Waals surface area contributed by atoms with Crippen LogP contribution in [0, 0.1) is 5.92 Å². The first kappa shape index (κ1) is 23.9. The van der Waals surface area contributed by atoms with E-state index in [9.17, 15) is 5.11 Å². The van der Waals surface area contributed by atoms with Gasteiger partial charge in [-0.3, -0.25) is 0 Å². The molecule has 0 radical (unpaired) electrons. The smallest absolute Gasteiger partial charge is 0.0898 e. The largest absolute Gasteiger partial charge is 0.389 e. The molecule has 0 heterocycles. The van der Waals surface area contributed by atoms with Crippen molar-refractivity contribution < 1.29 is 14.6 Å². The summed E-state index contributed by atoms with van der Waals surface area (Å²) in [5.41, 5.74) is 3.52. The van der Waals surface area contributed by atoms with Crippen LogP contribution in [-0.2, 0) is 22.5 Å². The molecule has 4 nitrogen and oxygen atoms in total. The molecule has 1 aliphatic rings. The average molecular weight is 448 g/mol. The first-order valence-electron chi connectivity index (χ1n) is 12.0. The lowest BCUT2D eigenvalue weighted by Gasteiger charge is -2.29. The van der Waals surface area contributed by atoms with E-state index >= 15 is 0 Å². The van der Waals surface area contributed by atoms with Crippen molar-refractivity contribution in [3.05, 3.63) is 83.4 Å². The van der Waals surface area contributed by atoms with Crippen LogP contribution in [0.1, 0.15) is 49.5 Å². The van der Waals surface area contributed by atoms with E-state index in [-0.39, 0.29) is 11.6 Å². The van der Waals surface area contributed by atoms with Crippen LogP contribution in [0.4, 0.5) is 0 Å². The van der Waals surface area contributed by atoms with Crippen molar-refractivity contribution in [3.8, 4) is 0 Å². The Balaban J connectivity index is 1.31. The molecule has 1 saturated carbocycles. The Bertz CT molecular complexity index is 1040. The number of hydrogen-bond donors (Lipinski definition) is 2. The Labute approximate surface area is 197 Å². The monoisotopic (exact) mass is 447 g/mol. The Morgan fingerprint density at radius 1 is 1.00 bits per heavy atom. The van der Waals surface area contributed by atoms with Gasteiger partial charge in [-0.15, -0.1) is 0 Å². The Kier molecular flexibility index (Phi) is 7.82. The van der Waals surface area contributed by atoms with Gasteiger partial charge in [0, 0.05) is 19.2 Å². The molecule has 0 aromatic heterocycles. The zero-order valence-electron chi connectivity index (χ0n) is 20.1. The second kappa shape index (κ2) is 10.8. The quantitative estimate of drug-likeness (QED) is 0.389. The highest BCUT2D eigenvalue weighted by Gasteiger charge is 2.34. The van der Waals surface area contributed by atoms with E-state index in [1.54, 1.807) is 7.11 Å². The van der Waals surface area contributed by atoms with Crippen molar-refractivity contribution in [3.63, 3.8) is 0 Å². The molecule has 3 aromatic carbocycles. The van der Waals surface area contributed by atoms with Crippen LogP contribution in [0.3, 0.4) is 0 Å². The van der Waals surface area contributed by atoms with E-state index in [0.29, 0.717) is 25.7 Å². The fourth-order valence-corrected chi connectivity index (χ4v) is 4.57. The fourth-order valence-electron chi connectivity index (χ4n) is 4.57. The zero-order valence-corrected chi connectivity index (χ0v) is 20.1. The number of β-amino-alcohol motifs (C(OH)–C–C–N with tert-alkyl or cyclic N) is 1. The second-order valence-corrected chi connectivity index (χ2v) is 10.0. The molecule has 0 amide bonds. The maximum Gasteiger partial charge on any atom is 0.0898 e. The summed E-state index contributed by atoms with van der Waals surface area (Å²) >= 11 is 0. The summed E-state index contributed by atoms with van der Waals surface area (Å²) in [4.78, 5) is 0. The molecule has 33 heavy (non-hydrogen) atoms. The number of methoxy groups -OCH3 is 1. The Morgan fingerprint density at radius 3 is 2.48 bits per heavy atom. The van der Waals surface area contributed by atoms with E-state index in [4.69, 9.17) is 9.47 Å². The highest BCUT2D eigenvalue weighted by Crippen LogP contribution is 2.44. The third-order valence-electron chi connectivity index (χ3n) is 6.46. The van der Waals surface area contributed by atoms with Crippen molar-refractivity contribution in [1.29, 1.82) is 0 Å². The molecule has 0 bridgehead atoms. The number of nitrogens with one attached hydrogen (secondary N) is 1. The Hall–Kier alpha value is -2.24. The molecule has 1 aliphatic carbocycles. The topological polar surface area (TPSA) is 50.7 Å². The zero-order chi connectivity index (χ0) is 23.3. The molecule has 3 aromatic rings. The number of rotatable bonds is 12. The third-order valence-corrected chi connectivity index (χ3v) is 6.46. The Morgan fingerprint density at radius 2 is 1.73 bits per heavy atom. The molecule has 2 N–H and O–H groups in total. The molecule has 0 saturated heterocycles. The van der Waals surface area contributed by atoms with Gasteiger partial charge in [0.15, 0.2) is 0 Å². The van der Waals surface area contributed by atoms with Crippen LogP contribution in [-0.4, -0.2) is 37.0 Å². The first-order valence-corrected chi connectivity index (χ1v) is 12.0. The molecule has 1 fully saturated rings. The molecule has 0 spiro atoms.